The van der Waals surface area contributed by atoms with Gasteiger partial charge in [-0.3, -0.25) is 4.79 Å². The number of methoxy groups -OCH3 is 1. The van der Waals surface area contributed by atoms with Crippen molar-refractivity contribution < 1.29 is 14.6 Å². The van der Waals surface area contributed by atoms with Gasteiger partial charge < -0.3 is 14.7 Å². The minimum atomic E-state index is -0.242. The molecule has 0 aliphatic carbocycles. The number of carbonyl (C=O) groups excluding carboxylic acids is 1. The second-order valence-corrected chi connectivity index (χ2v) is 3.53. The van der Waals surface area contributed by atoms with E-state index in [4.69, 9.17) is 4.74 Å². The second kappa shape index (κ2) is 5.21. The van der Waals surface area contributed by atoms with Gasteiger partial charge in [0.05, 0.1) is 12.7 Å². The molecule has 1 aromatic carbocycles. The Morgan fingerprint density at radius 2 is 2.12 bits per heavy atom. The first kappa shape index (κ1) is 12.1. The van der Waals surface area contributed by atoms with E-state index in [0.29, 0.717) is 5.75 Å². The molecule has 0 aliphatic rings. The predicted molar refractivity (Wildman–Crippen MR) is 61.8 cm³/mol. The number of ketones is 1. The van der Waals surface area contributed by atoms with Crippen LogP contribution in [0.25, 0.3) is 0 Å². The van der Waals surface area contributed by atoms with Crippen molar-refractivity contribution in [2.75, 3.05) is 21.2 Å². The zero-order valence-electron chi connectivity index (χ0n) is 9.60. The lowest BCUT2D eigenvalue weighted by molar-refractivity contribution is 0.104. The van der Waals surface area contributed by atoms with Gasteiger partial charge in [-0.2, -0.15) is 0 Å². The molecule has 16 heavy (non-hydrogen) atoms. The number of phenols is 1. The lowest BCUT2D eigenvalue weighted by Gasteiger charge is -2.05. The van der Waals surface area contributed by atoms with E-state index in [1.54, 1.807) is 17.2 Å². The number of hydrogen-bond donors (Lipinski definition) is 1. The Bertz CT molecular complexity index is 411. The fraction of sp³-hybridized carbons (Fsp3) is 0.250. The molecular weight excluding hydrogens is 206 g/mol. The number of benzene rings is 1. The first-order valence-corrected chi connectivity index (χ1v) is 4.80. The summed E-state index contributed by atoms with van der Waals surface area (Å²) in [6.45, 7) is 0. The number of allylic oxidation sites excluding steroid dienone is 1. The minimum absolute atomic E-state index is 0.0762. The molecule has 0 atom stereocenters. The number of nitrogens with zero attached hydrogens (tertiary/aromatic N) is 1. The summed E-state index contributed by atoms with van der Waals surface area (Å²) in [4.78, 5) is 13.4. The molecule has 0 saturated heterocycles. The van der Waals surface area contributed by atoms with E-state index in [2.05, 4.69) is 0 Å². The average Bonchev–Trinajstić information content (AvgIpc) is 2.25. The molecule has 0 heterocycles. The highest BCUT2D eigenvalue weighted by Crippen LogP contribution is 2.23. The van der Waals surface area contributed by atoms with Crippen LogP contribution in [0.3, 0.4) is 0 Å². The number of aromatic hydroxyl groups is 1. The standard InChI is InChI=1S/C12H15NO3/c1-13(2)7-6-11(14)10-5-4-9(16-3)8-12(10)15/h4-8,15H,1-3H3. The summed E-state index contributed by atoms with van der Waals surface area (Å²) >= 11 is 0. The molecule has 1 N–H and O–H groups in total. The Labute approximate surface area is 94.8 Å². The Morgan fingerprint density at radius 3 is 2.62 bits per heavy atom. The first-order valence-electron chi connectivity index (χ1n) is 4.80. The zero-order chi connectivity index (χ0) is 12.1. The van der Waals surface area contributed by atoms with Gasteiger partial charge in [0, 0.05) is 32.4 Å². The summed E-state index contributed by atoms with van der Waals surface area (Å²) in [5, 5.41) is 9.61. The van der Waals surface area contributed by atoms with Crippen LogP contribution in [-0.2, 0) is 0 Å². The number of ether oxygens (including phenoxy) is 1. The van der Waals surface area contributed by atoms with Gasteiger partial charge in [-0.15, -0.1) is 0 Å². The van der Waals surface area contributed by atoms with Crippen LogP contribution in [0, 0.1) is 0 Å². The van der Waals surface area contributed by atoms with Gasteiger partial charge in [0.25, 0.3) is 0 Å². The quantitative estimate of drug-likeness (QED) is 0.620. The molecule has 0 saturated carbocycles. The maximum Gasteiger partial charge on any atom is 0.190 e. The molecule has 0 amide bonds. The summed E-state index contributed by atoms with van der Waals surface area (Å²) < 4.78 is 4.93. The van der Waals surface area contributed by atoms with E-state index in [1.807, 2.05) is 14.1 Å². The maximum atomic E-state index is 11.7. The maximum absolute atomic E-state index is 11.7. The van der Waals surface area contributed by atoms with E-state index >= 15 is 0 Å². The van der Waals surface area contributed by atoms with E-state index < -0.39 is 0 Å². The van der Waals surface area contributed by atoms with Crippen molar-refractivity contribution in [3.63, 3.8) is 0 Å². The topological polar surface area (TPSA) is 49.8 Å². The molecule has 0 bridgehead atoms. The van der Waals surface area contributed by atoms with Crippen molar-refractivity contribution in [2.24, 2.45) is 0 Å². The average molecular weight is 221 g/mol. The SMILES string of the molecule is COc1ccc(C(=O)C=CN(C)C)c(O)c1. The van der Waals surface area contributed by atoms with Gasteiger partial charge in [0.15, 0.2) is 5.78 Å². The Hall–Kier alpha value is -1.97. The van der Waals surface area contributed by atoms with Crippen molar-refractivity contribution in [2.45, 2.75) is 0 Å². The van der Waals surface area contributed by atoms with E-state index in [9.17, 15) is 9.90 Å². The van der Waals surface area contributed by atoms with E-state index in [0.717, 1.165) is 0 Å². The van der Waals surface area contributed by atoms with Crippen molar-refractivity contribution in [1.29, 1.82) is 0 Å². The number of rotatable bonds is 4. The first-order chi connectivity index (χ1) is 7.54. The molecule has 0 aliphatic heterocycles. The summed E-state index contributed by atoms with van der Waals surface area (Å²) in [5.74, 6) is 0.201. The molecular formula is C12H15NO3. The lowest BCUT2D eigenvalue weighted by atomic mass is 10.1. The highest BCUT2D eigenvalue weighted by Gasteiger charge is 2.08. The lowest BCUT2D eigenvalue weighted by Crippen LogP contribution is -2.03. The van der Waals surface area contributed by atoms with Crippen molar-refractivity contribution in [3.05, 3.63) is 36.0 Å². The smallest absolute Gasteiger partial charge is 0.190 e. The van der Waals surface area contributed by atoms with E-state index in [-0.39, 0.29) is 17.1 Å². The molecule has 4 heteroatoms. The van der Waals surface area contributed by atoms with Crippen molar-refractivity contribution >= 4 is 5.78 Å². The molecule has 0 unspecified atom stereocenters. The van der Waals surface area contributed by atoms with Crippen LogP contribution in [0.15, 0.2) is 30.5 Å². The fourth-order valence-corrected chi connectivity index (χ4v) is 1.15. The zero-order valence-corrected chi connectivity index (χ0v) is 9.60. The van der Waals surface area contributed by atoms with Gasteiger partial charge in [0.2, 0.25) is 0 Å². The second-order valence-electron chi connectivity index (χ2n) is 3.53. The molecule has 1 rings (SSSR count). The predicted octanol–water partition coefficient (Wildman–Crippen LogP) is 1.66. The van der Waals surface area contributed by atoms with Gasteiger partial charge in [-0.1, -0.05) is 0 Å². The summed E-state index contributed by atoms with van der Waals surface area (Å²) in [7, 11) is 5.14. The number of hydrogen-bond acceptors (Lipinski definition) is 4. The van der Waals surface area contributed by atoms with Crippen LogP contribution in [0.4, 0.5) is 0 Å². The normalized spacial score (nSPS) is 10.4. The van der Waals surface area contributed by atoms with E-state index in [1.165, 1.54) is 25.3 Å². The highest BCUT2D eigenvalue weighted by molar-refractivity contribution is 6.06. The summed E-state index contributed by atoms with van der Waals surface area (Å²) in [5.41, 5.74) is 0.263. The van der Waals surface area contributed by atoms with Crippen LogP contribution >= 0.6 is 0 Å². The monoisotopic (exact) mass is 221 g/mol. The number of phenolic OH excluding ortho intramolecular Hbond substituents is 1. The Balaban J connectivity index is 2.92. The molecule has 0 radical (unpaired) electrons. The third kappa shape index (κ3) is 3.02. The highest BCUT2D eigenvalue weighted by atomic mass is 16.5. The van der Waals surface area contributed by atoms with Crippen LogP contribution in [0.5, 0.6) is 11.5 Å². The number of carbonyl (C=O) groups is 1. The van der Waals surface area contributed by atoms with Gasteiger partial charge in [-0.25, -0.2) is 0 Å². The minimum Gasteiger partial charge on any atom is -0.507 e. The van der Waals surface area contributed by atoms with Crippen LogP contribution < -0.4 is 4.74 Å². The largest absolute Gasteiger partial charge is 0.507 e. The third-order valence-corrected chi connectivity index (χ3v) is 1.99. The fourth-order valence-electron chi connectivity index (χ4n) is 1.15. The van der Waals surface area contributed by atoms with Gasteiger partial charge >= 0.3 is 0 Å². The molecule has 0 spiro atoms. The molecule has 1 aromatic rings. The molecule has 0 aromatic heterocycles. The Morgan fingerprint density at radius 1 is 1.44 bits per heavy atom. The third-order valence-electron chi connectivity index (χ3n) is 1.99. The van der Waals surface area contributed by atoms with Crippen molar-refractivity contribution in [1.82, 2.24) is 4.90 Å². The van der Waals surface area contributed by atoms with Crippen molar-refractivity contribution in [3.8, 4) is 11.5 Å². The van der Waals surface area contributed by atoms with Gasteiger partial charge in [-0.05, 0) is 12.1 Å². The van der Waals surface area contributed by atoms with Crippen LogP contribution in [0.1, 0.15) is 10.4 Å². The molecule has 86 valence electrons. The summed E-state index contributed by atoms with van der Waals surface area (Å²) in [6.07, 6.45) is 3.04. The van der Waals surface area contributed by atoms with Crippen LogP contribution in [-0.4, -0.2) is 37.0 Å². The van der Waals surface area contributed by atoms with Crippen LogP contribution in [0.2, 0.25) is 0 Å². The summed E-state index contributed by atoms with van der Waals surface area (Å²) in [6, 6.07) is 4.59. The van der Waals surface area contributed by atoms with Gasteiger partial charge in [0.1, 0.15) is 11.5 Å². The Kier molecular flexibility index (Phi) is 3.94. The molecule has 0 fully saturated rings. The molecule has 4 nitrogen and oxygen atoms in total.